The predicted molar refractivity (Wildman–Crippen MR) is 100 cm³/mol. The minimum Gasteiger partial charge on any atom is -0.379 e. The molecule has 154 valence electrons. The van der Waals surface area contributed by atoms with Gasteiger partial charge in [-0.2, -0.15) is 0 Å². The number of hydrogen-bond donors (Lipinski definition) is 1. The van der Waals surface area contributed by atoms with Crippen LogP contribution in [-0.2, 0) is 28.5 Å². The van der Waals surface area contributed by atoms with Crippen LogP contribution in [0.15, 0.2) is 0 Å². The number of Topliss-reactive ketones (excluding diaryl/α,β-unsaturated/α-hetero) is 1. The molecule has 0 fully saturated rings. The number of ketones is 1. The molecule has 0 aliphatic heterocycles. The van der Waals surface area contributed by atoms with Crippen LogP contribution in [-0.4, -0.2) is 71.1 Å². The smallest absolute Gasteiger partial charge is 0.222 e. The van der Waals surface area contributed by atoms with Gasteiger partial charge in [0.25, 0.3) is 0 Å². The standard InChI is InChI=1S/C19H37NO6/c1-5-17(4)19(22)20-7-9-24-11-13-26-15-14-25-12-10-23-8-6-18(21)16(2)3/h16-17H,5-15H2,1-4H3,(H,20,22). The fourth-order valence-electron chi connectivity index (χ4n) is 1.83. The van der Waals surface area contributed by atoms with E-state index in [4.69, 9.17) is 18.9 Å². The lowest BCUT2D eigenvalue weighted by Crippen LogP contribution is -2.31. The van der Waals surface area contributed by atoms with Crippen LogP contribution in [0.4, 0.5) is 0 Å². The van der Waals surface area contributed by atoms with Crippen LogP contribution in [0, 0.1) is 11.8 Å². The van der Waals surface area contributed by atoms with Crippen LogP contribution >= 0.6 is 0 Å². The van der Waals surface area contributed by atoms with Gasteiger partial charge < -0.3 is 24.3 Å². The maximum Gasteiger partial charge on any atom is 0.222 e. The summed E-state index contributed by atoms with van der Waals surface area (Å²) in [4.78, 5) is 22.9. The molecule has 0 radical (unpaired) electrons. The first-order valence-corrected chi connectivity index (χ1v) is 9.60. The summed E-state index contributed by atoms with van der Waals surface area (Å²) in [6.07, 6.45) is 1.30. The summed E-state index contributed by atoms with van der Waals surface area (Å²) < 4.78 is 21.5. The minimum atomic E-state index is 0.0475. The van der Waals surface area contributed by atoms with E-state index in [0.29, 0.717) is 65.8 Å². The van der Waals surface area contributed by atoms with Gasteiger partial charge in [0.05, 0.1) is 52.9 Å². The maximum atomic E-state index is 11.5. The van der Waals surface area contributed by atoms with E-state index in [-0.39, 0.29) is 23.5 Å². The molecule has 1 atom stereocenters. The van der Waals surface area contributed by atoms with Crippen LogP contribution in [0.25, 0.3) is 0 Å². The molecule has 0 heterocycles. The molecule has 0 aliphatic rings. The molecular weight excluding hydrogens is 338 g/mol. The van der Waals surface area contributed by atoms with Crippen molar-refractivity contribution in [2.45, 2.75) is 40.5 Å². The van der Waals surface area contributed by atoms with Crippen molar-refractivity contribution in [3.8, 4) is 0 Å². The monoisotopic (exact) mass is 375 g/mol. The van der Waals surface area contributed by atoms with Gasteiger partial charge in [0, 0.05) is 24.8 Å². The second-order valence-electron chi connectivity index (χ2n) is 6.42. The van der Waals surface area contributed by atoms with Gasteiger partial charge in [0.15, 0.2) is 0 Å². The third-order valence-electron chi connectivity index (χ3n) is 3.86. The molecule has 0 saturated carbocycles. The largest absolute Gasteiger partial charge is 0.379 e. The highest BCUT2D eigenvalue weighted by Gasteiger charge is 2.08. The molecule has 0 aromatic carbocycles. The zero-order valence-electron chi connectivity index (χ0n) is 16.9. The van der Waals surface area contributed by atoms with Gasteiger partial charge >= 0.3 is 0 Å². The van der Waals surface area contributed by atoms with Crippen molar-refractivity contribution in [1.82, 2.24) is 5.32 Å². The van der Waals surface area contributed by atoms with Gasteiger partial charge in [-0.15, -0.1) is 0 Å². The van der Waals surface area contributed by atoms with E-state index < -0.39 is 0 Å². The quantitative estimate of drug-likeness (QED) is 0.368. The molecule has 1 N–H and O–H groups in total. The van der Waals surface area contributed by atoms with E-state index in [0.717, 1.165) is 6.42 Å². The first-order valence-electron chi connectivity index (χ1n) is 9.60. The van der Waals surface area contributed by atoms with E-state index in [1.807, 2.05) is 27.7 Å². The summed E-state index contributed by atoms with van der Waals surface area (Å²) in [5, 5.41) is 2.83. The zero-order chi connectivity index (χ0) is 19.6. The molecule has 0 saturated heterocycles. The Morgan fingerprint density at radius 3 is 1.69 bits per heavy atom. The average Bonchev–Trinajstić information content (AvgIpc) is 2.63. The van der Waals surface area contributed by atoms with Crippen LogP contribution in [0.1, 0.15) is 40.5 Å². The Kier molecular flexibility index (Phi) is 16.7. The fraction of sp³-hybridized carbons (Fsp3) is 0.895. The number of carbonyl (C=O) groups excluding carboxylic acids is 2. The van der Waals surface area contributed by atoms with Crippen molar-refractivity contribution in [3.63, 3.8) is 0 Å². The van der Waals surface area contributed by atoms with Gasteiger partial charge in [-0.05, 0) is 6.42 Å². The van der Waals surface area contributed by atoms with Gasteiger partial charge in [-0.25, -0.2) is 0 Å². The molecule has 26 heavy (non-hydrogen) atoms. The summed E-state index contributed by atoms with van der Waals surface area (Å²) in [6.45, 7) is 12.1. The van der Waals surface area contributed by atoms with Crippen molar-refractivity contribution in [1.29, 1.82) is 0 Å². The molecule has 7 nitrogen and oxygen atoms in total. The van der Waals surface area contributed by atoms with E-state index in [2.05, 4.69) is 5.32 Å². The first kappa shape index (κ1) is 25.0. The van der Waals surface area contributed by atoms with Crippen molar-refractivity contribution in [2.24, 2.45) is 11.8 Å². The Balaban J connectivity index is 3.18. The topological polar surface area (TPSA) is 83.1 Å². The van der Waals surface area contributed by atoms with Gasteiger partial charge in [0.2, 0.25) is 5.91 Å². The number of nitrogens with one attached hydrogen (secondary N) is 1. The lowest BCUT2D eigenvalue weighted by atomic mass is 10.1. The lowest BCUT2D eigenvalue weighted by molar-refractivity contribution is -0.125. The van der Waals surface area contributed by atoms with Crippen LogP contribution < -0.4 is 5.32 Å². The number of rotatable bonds is 18. The minimum absolute atomic E-state index is 0.0475. The molecule has 0 aromatic heterocycles. The number of hydrogen-bond acceptors (Lipinski definition) is 6. The summed E-state index contributed by atoms with van der Waals surface area (Å²) in [5.41, 5.74) is 0. The Hall–Kier alpha value is -1.02. The number of ether oxygens (including phenoxy) is 4. The zero-order valence-corrected chi connectivity index (χ0v) is 16.9. The first-order chi connectivity index (χ1) is 12.5. The highest BCUT2D eigenvalue weighted by atomic mass is 16.6. The lowest BCUT2D eigenvalue weighted by Gasteiger charge is -2.10. The molecule has 0 bridgehead atoms. The molecule has 0 spiro atoms. The summed E-state index contributed by atoms with van der Waals surface area (Å²) in [6, 6.07) is 0. The highest BCUT2D eigenvalue weighted by molar-refractivity contribution is 5.80. The van der Waals surface area contributed by atoms with Crippen molar-refractivity contribution >= 4 is 11.7 Å². The SMILES string of the molecule is CCC(C)C(=O)NCCOCCOCCOCCOCCC(=O)C(C)C. The normalized spacial score (nSPS) is 12.3. The van der Waals surface area contributed by atoms with Crippen LogP contribution in [0.5, 0.6) is 0 Å². The number of amides is 1. The molecule has 0 aromatic rings. The molecule has 1 amide bonds. The van der Waals surface area contributed by atoms with Gasteiger partial charge in [-0.3, -0.25) is 9.59 Å². The summed E-state index contributed by atoms with van der Waals surface area (Å²) in [5.74, 6) is 0.408. The summed E-state index contributed by atoms with van der Waals surface area (Å²) in [7, 11) is 0. The Morgan fingerprint density at radius 1 is 0.769 bits per heavy atom. The average molecular weight is 376 g/mol. The van der Waals surface area contributed by atoms with Crippen molar-refractivity contribution in [2.75, 3.05) is 59.4 Å². The molecular formula is C19H37NO6. The Morgan fingerprint density at radius 2 is 1.23 bits per heavy atom. The fourth-order valence-corrected chi connectivity index (χ4v) is 1.83. The second kappa shape index (κ2) is 17.4. The van der Waals surface area contributed by atoms with E-state index in [9.17, 15) is 9.59 Å². The molecule has 7 heteroatoms. The van der Waals surface area contributed by atoms with Crippen molar-refractivity contribution in [3.05, 3.63) is 0 Å². The van der Waals surface area contributed by atoms with E-state index in [1.54, 1.807) is 0 Å². The van der Waals surface area contributed by atoms with E-state index >= 15 is 0 Å². The Labute approximate surface area is 158 Å². The van der Waals surface area contributed by atoms with Crippen molar-refractivity contribution < 1.29 is 28.5 Å². The molecule has 1 unspecified atom stereocenters. The third-order valence-corrected chi connectivity index (χ3v) is 3.86. The third kappa shape index (κ3) is 15.3. The molecule has 0 aliphatic carbocycles. The van der Waals surface area contributed by atoms with Crippen LogP contribution in [0.2, 0.25) is 0 Å². The van der Waals surface area contributed by atoms with Gasteiger partial charge in [-0.1, -0.05) is 27.7 Å². The number of carbonyl (C=O) groups is 2. The van der Waals surface area contributed by atoms with Crippen LogP contribution in [0.3, 0.4) is 0 Å². The Bertz CT molecular complexity index is 362. The summed E-state index contributed by atoms with van der Waals surface area (Å²) >= 11 is 0. The maximum absolute atomic E-state index is 11.5. The predicted octanol–water partition coefficient (Wildman–Crippen LogP) is 1.83. The highest BCUT2D eigenvalue weighted by Crippen LogP contribution is 1.99. The van der Waals surface area contributed by atoms with Gasteiger partial charge in [0.1, 0.15) is 5.78 Å². The molecule has 0 rings (SSSR count). The second-order valence-corrected chi connectivity index (χ2v) is 6.42. The van der Waals surface area contributed by atoms with E-state index in [1.165, 1.54) is 0 Å².